The number of hydrogen-bond acceptors (Lipinski definition) is 3. The number of carbonyl (C=O) groups excluding carboxylic acids is 1. The largest absolute Gasteiger partial charge is 0.487 e. The van der Waals surface area contributed by atoms with E-state index >= 15 is 0 Å². The van der Waals surface area contributed by atoms with Gasteiger partial charge in [0.05, 0.1) is 15.7 Å². The topological polar surface area (TPSA) is 66.2 Å². The smallest absolute Gasteiger partial charge is 0.273 e. The Morgan fingerprint density at radius 3 is 2.74 bits per heavy atom. The van der Waals surface area contributed by atoms with Gasteiger partial charge in [-0.05, 0) is 32.0 Å². The van der Waals surface area contributed by atoms with Gasteiger partial charge in [-0.3, -0.25) is 4.79 Å². The van der Waals surface area contributed by atoms with Crippen molar-refractivity contribution in [3.05, 3.63) is 45.7 Å². The lowest BCUT2D eigenvalue weighted by molar-refractivity contribution is 0.102. The molecular formula is C16H17Cl2N3O2. The minimum absolute atomic E-state index is 0.110. The lowest BCUT2D eigenvalue weighted by Gasteiger charge is -2.16. The van der Waals surface area contributed by atoms with Crippen LogP contribution in [0.25, 0.3) is 0 Å². The maximum atomic E-state index is 12.4. The molecule has 1 amide bonds. The van der Waals surface area contributed by atoms with Crippen molar-refractivity contribution in [2.24, 2.45) is 0 Å². The zero-order chi connectivity index (χ0) is 16.4. The first kappa shape index (κ1) is 16.2. The third-order valence-corrected chi connectivity index (χ3v) is 4.67. The van der Waals surface area contributed by atoms with Crippen LogP contribution in [0.15, 0.2) is 24.3 Å². The van der Waals surface area contributed by atoms with Gasteiger partial charge in [-0.25, -0.2) is 0 Å². The number of ether oxygens (including phenoxy) is 1. The molecule has 1 aliphatic rings. The van der Waals surface area contributed by atoms with Crippen LogP contribution >= 0.6 is 23.2 Å². The van der Waals surface area contributed by atoms with Crippen molar-refractivity contribution in [3.8, 4) is 5.75 Å². The molecule has 2 aromatic rings. The molecule has 1 aromatic carbocycles. The number of para-hydroxylation sites is 2. The van der Waals surface area contributed by atoms with Gasteiger partial charge in [0.1, 0.15) is 17.5 Å². The van der Waals surface area contributed by atoms with E-state index in [0.717, 1.165) is 19.5 Å². The summed E-state index contributed by atoms with van der Waals surface area (Å²) >= 11 is 12.1. The Labute approximate surface area is 144 Å². The first-order valence-corrected chi connectivity index (χ1v) is 8.13. The van der Waals surface area contributed by atoms with E-state index < -0.39 is 0 Å². The number of aryl methyl sites for hydroxylation is 1. The molecule has 1 aromatic heterocycles. The first-order chi connectivity index (χ1) is 11.1. The highest BCUT2D eigenvalue weighted by Crippen LogP contribution is 2.31. The highest BCUT2D eigenvalue weighted by atomic mass is 35.5. The Kier molecular flexibility index (Phi) is 4.80. The number of nitrogens with one attached hydrogen (secondary N) is 3. The average Bonchev–Trinajstić information content (AvgIpc) is 3.13. The van der Waals surface area contributed by atoms with Crippen molar-refractivity contribution in [1.29, 1.82) is 0 Å². The molecule has 122 valence electrons. The number of anilines is 1. The molecule has 1 saturated heterocycles. The van der Waals surface area contributed by atoms with Gasteiger partial charge in [0.2, 0.25) is 0 Å². The van der Waals surface area contributed by atoms with Crippen LogP contribution in [0, 0.1) is 6.92 Å². The summed E-state index contributed by atoms with van der Waals surface area (Å²) in [6.45, 7) is 3.50. The van der Waals surface area contributed by atoms with Gasteiger partial charge in [0, 0.05) is 12.2 Å². The molecule has 5 nitrogen and oxygen atoms in total. The summed E-state index contributed by atoms with van der Waals surface area (Å²) in [4.78, 5) is 15.3. The summed E-state index contributed by atoms with van der Waals surface area (Å²) in [6.07, 6.45) is 1.05. The number of halogens is 2. The van der Waals surface area contributed by atoms with Crippen molar-refractivity contribution in [2.75, 3.05) is 18.4 Å². The second-order valence-corrected chi connectivity index (χ2v) is 6.19. The summed E-state index contributed by atoms with van der Waals surface area (Å²) in [5.74, 6) is 0.283. The molecule has 0 radical (unpaired) electrons. The minimum atomic E-state index is -0.356. The molecule has 0 bridgehead atoms. The summed E-state index contributed by atoms with van der Waals surface area (Å²) in [7, 11) is 0. The second-order valence-electron chi connectivity index (χ2n) is 5.44. The van der Waals surface area contributed by atoms with Crippen LogP contribution in [0.1, 0.15) is 22.6 Å². The number of benzene rings is 1. The Hall–Kier alpha value is -1.69. The van der Waals surface area contributed by atoms with Crippen LogP contribution in [0.5, 0.6) is 5.75 Å². The molecule has 0 spiro atoms. The number of amides is 1. The van der Waals surface area contributed by atoms with E-state index in [1.165, 1.54) is 0 Å². The van der Waals surface area contributed by atoms with Gasteiger partial charge in [-0.15, -0.1) is 0 Å². The second kappa shape index (κ2) is 6.83. The Morgan fingerprint density at radius 2 is 2.09 bits per heavy atom. The van der Waals surface area contributed by atoms with Crippen molar-refractivity contribution in [3.63, 3.8) is 0 Å². The molecule has 3 rings (SSSR count). The maximum Gasteiger partial charge on any atom is 0.273 e. The molecule has 3 N–H and O–H groups in total. The van der Waals surface area contributed by atoms with Crippen LogP contribution in [0.4, 0.5) is 5.69 Å². The Bertz CT molecular complexity index is 724. The molecule has 7 heteroatoms. The van der Waals surface area contributed by atoms with E-state index in [4.69, 9.17) is 27.9 Å². The van der Waals surface area contributed by atoms with Gasteiger partial charge in [-0.2, -0.15) is 0 Å². The zero-order valence-electron chi connectivity index (χ0n) is 12.6. The van der Waals surface area contributed by atoms with Gasteiger partial charge in [0.25, 0.3) is 5.91 Å². The van der Waals surface area contributed by atoms with Crippen molar-refractivity contribution in [1.82, 2.24) is 10.3 Å². The summed E-state index contributed by atoms with van der Waals surface area (Å²) in [5.41, 5.74) is 1.50. The van der Waals surface area contributed by atoms with E-state index in [1.807, 2.05) is 18.2 Å². The lowest BCUT2D eigenvalue weighted by atomic mass is 10.2. The van der Waals surface area contributed by atoms with Gasteiger partial charge >= 0.3 is 0 Å². The van der Waals surface area contributed by atoms with E-state index in [-0.39, 0.29) is 22.7 Å². The van der Waals surface area contributed by atoms with Crippen LogP contribution in [-0.2, 0) is 0 Å². The van der Waals surface area contributed by atoms with E-state index in [1.54, 1.807) is 13.0 Å². The molecule has 2 heterocycles. The predicted octanol–water partition coefficient (Wildman–Crippen LogP) is 3.62. The SMILES string of the molecule is Cc1[nH]c(C(=O)Nc2ccccc2OC2CCNC2)c(Cl)c1Cl. The van der Waals surface area contributed by atoms with Gasteiger partial charge in [0.15, 0.2) is 0 Å². The Morgan fingerprint density at radius 1 is 1.30 bits per heavy atom. The van der Waals surface area contributed by atoms with Crippen LogP contribution < -0.4 is 15.4 Å². The maximum absolute atomic E-state index is 12.4. The van der Waals surface area contributed by atoms with E-state index in [9.17, 15) is 4.79 Å². The molecule has 23 heavy (non-hydrogen) atoms. The van der Waals surface area contributed by atoms with Gasteiger partial charge in [-0.1, -0.05) is 35.3 Å². The normalized spacial score (nSPS) is 17.3. The minimum Gasteiger partial charge on any atom is -0.487 e. The standard InChI is InChI=1S/C16H17Cl2N3O2/c1-9-13(17)14(18)15(20-9)16(22)21-11-4-2-3-5-12(11)23-10-6-7-19-8-10/h2-5,10,19-20H,6-8H2,1H3,(H,21,22). The third-order valence-electron chi connectivity index (χ3n) is 3.72. The van der Waals surface area contributed by atoms with E-state index in [0.29, 0.717) is 22.2 Å². The Balaban J connectivity index is 1.79. The van der Waals surface area contributed by atoms with Crippen LogP contribution in [-0.4, -0.2) is 30.1 Å². The molecule has 0 saturated carbocycles. The first-order valence-electron chi connectivity index (χ1n) is 7.37. The highest BCUT2D eigenvalue weighted by molar-refractivity contribution is 6.44. The molecule has 1 fully saturated rings. The van der Waals surface area contributed by atoms with Gasteiger partial charge < -0.3 is 20.4 Å². The number of hydrogen-bond donors (Lipinski definition) is 3. The van der Waals surface area contributed by atoms with Crippen molar-refractivity contribution in [2.45, 2.75) is 19.4 Å². The summed E-state index contributed by atoms with van der Waals surface area (Å²) in [5, 5.41) is 6.65. The third kappa shape index (κ3) is 3.47. The number of carbonyl (C=O) groups is 1. The number of aromatic amines is 1. The molecule has 1 unspecified atom stereocenters. The number of rotatable bonds is 4. The molecule has 1 aliphatic heterocycles. The fourth-order valence-corrected chi connectivity index (χ4v) is 2.91. The summed E-state index contributed by atoms with van der Waals surface area (Å²) < 4.78 is 5.96. The number of H-pyrrole nitrogens is 1. The molecule has 1 atom stereocenters. The molecule has 0 aliphatic carbocycles. The highest BCUT2D eigenvalue weighted by Gasteiger charge is 2.21. The van der Waals surface area contributed by atoms with Crippen LogP contribution in [0.2, 0.25) is 10.0 Å². The van der Waals surface area contributed by atoms with Crippen molar-refractivity contribution < 1.29 is 9.53 Å². The van der Waals surface area contributed by atoms with E-state index in [2.05, 4.69) is 15.6 Å². The molecular weight excluding hydrogens is 337 g/mol. The predicted molar refractivity (Wildman–Crippen MR) is 91.8 cm³/mol. The zero-order valence-corrected chi connectivity index (χ0v) is 14.1. The number of aromatic nitrogens is 1. The summed E-state index contributed by atoms with van der Waals surface area (Å²) in [6, 6.07) is 7.34. The quantitative estimate of drug-likeness (QED) is 0.786. The average molecular weight is 354 g/mol. The lowest BCUT2D eigenvalue weighted by Crippen LogP contribution is -2.21. The van der Waals surface area contributed by atoms with Crippen molar-refractivity contribution >= 4 is 34.8 Å². The fraction of sp³-hybridized carbons (Fsp3) is 0.312. The monoisotopic (exact) mass is 353 g/mol. The van der Waals surface area contributed by atoms with Crippen LogP contribution in [0.3, 0.4) is 0 Å². The fourth-order valence-electron chi connectivity index (χ4n) is 2.49.